The van der Waals surface area contributed by atoms with Gasteiger partial charge in [-0.2, -0.15) is 5.10 Å². The highest BCUT2D eigenvalue weighted by Crippen LogP contribution is 2.34. The van der Waals surface area contributed by atoms with Crippen LogP contribution in [0.1, 0.15) is 18.1 Å². The molecule has 0 saturated heterocycles. The van der Waals surface area contributed by atoms with Crippen LogP contribution in [0.5, 0.6) is 11.5 Å². The Morgan fingerprint density at radius 1 is 1.26 bits per heavy atom. The molecule has 0 atom stereocenters. The summed E-state index contributed by atoms with van der Waals surface area (Å²) in [6.45, 7) is 2.96. The van der Waals surface area contributed by atoms with E-state index in [1.54, 1.807) is 25.5 Å². The van der Waals surface area contributed by atoms with Crippen molar-refractivity contribution >= 4 is 62.7 Å². The van der Waals surface area contributed by atoms with Crippen molar-refractivity contribution in [3.05, 3.63) is 56.0 Å². The molecule has 0 unspecified atom stereocenters. The van der Waals surface area contributed by atoms with Gasteiger partial charge in [-0.15, -0.1) is 0 Å². The zero-order valence-electron chi connectivity index (χ0n) is 14.7. The third kappa shape index (κ3) is 6.53. The van der Waals surface area contributed by atoms with Gasteiger partial charge in [0.1, 0.15) is 6.61 Å². The number of nitrogens with one attached hydrogen (secondary N) is 2. The Kier molecular flexibility index (Phi) is 8.63. The van der Waals surface area contributed by atoms with Gasteiger partial charge in [0.2, 0.25) is 0 Å². The van der Waals surface area contributed by atoms with Gasteiger partial charge in [0, 0.05) is 32.2 Å². The molecule has 0 aliphatic carbocycles. The van der Waals surface area contributed by atoms with Crippen LogP contribution in [0.15, 0.2) is 39.9 Å². The summed E-state index contributed by atoms with van der Waals surface area (Å²) in [6, 6.07) is 8.89. The Balaban J connectivity index is 2.12. The quantitative estimate of drug-likeness (QED) is 0.319. The molecule has 2 aromatic rings. The molecule has 0 heterocycles. The fourth-order valence-electron chi connectivity index (χ4n) is 2.08. The van der Waals surface area contributed by atoms with E-state index in [4.69, 9.17) is 44.9 Å². The van der Waals surface area contributed by atoms with E-state index in [9.17, 15) is 0 Å². The number of halogens is 3. The van der Waals surface area contributed by atoms with Gasteiger partial charge in [0.05, 0.1) is 13.3 Å². The fraction of sp³-hybridized carbons (Fsp3) is 0.222. The average molecular weight is 491 g/mol. The third-order valence-corrected chi connectivity index (χ3v) is 4.90. The van der Waals surface area contributed by atoms with Crippen LogP contribution >= 0.6 is 51.3 Å². The van der Waals surface area contributed by atoms with Crippen molar-refractivity contribution in [1.82, 2.24) is 10.7 Å². The Morgan fingerprint density at radius 3 is 2.70 bits per heavy atom. The lowest BCUT2D eigenvalue weighted by molar-refractivity contribution is 0.284. The highest BCUT2D eigenvalue weighted by atomic mass is 79.9. The summed E-state index contributed by atoms with van der Waals surface area (Å²) in [5, 5.41) is 8.64. The van der Waals surface area contributed by atoms with Crippen molar-refractivity contribution in [2.75, 3.05) is 13.7 Å². The first-order valence-corrected chi connectivity index (χ1v) is 9.91. The van der Waals surface area contributed by atoms with Crippen molar-refractivity contribution < 1.29 is 9.47 Å². The molecule has 0 amide bonds. The molecule has 5 nitrogen and oxygen atoms in total. The second-order valence-electron chi connectivity index (χ2n) is 5.28. The standard InChI is InChI=1S/C18H18BrCl2N3O2S/c1-3-22-18(27)24-23-9-12-6-16(25-2)17(8-14(12)19)26-10-11-4-5-13(20)7-15(11)21/h4-9H,3,10H2,1-2H3,(H2,22,24,27)/b23-9-. The van der Waals surface area contributed by atoms with Crippen LogP contribution in [0.2, 0.25) is 10.0 Å². The van der Waals surface area contributed by atoms with Crippen LogP contribution in [0.3, 0.4) is 0 Å². The molecular formula is C18H18BrCl2N3O2S. The molecule has 0 aliphatic rings. The van der Waals surface area contributed by atoms with Crippen molar-refractivity contribution in [2.24, 2.45) is 5.10 Å². The smallest absolute Gasteiger partial charge is 0.186 e. The molecule has 0 saturated carbocycles. The minimum atomic E-state index is 0.282. The maximum Gasteiger partial charge on any atom is 0.186 e. The summed E-state index contributed by atoms with van der Waals surface area (Å²) in [4.78, 5) is 0. The van der Waals surface area contributed by atoms with E-state index >= 15 is 0 Å². The van der Waals surface area contributed by atoms with Gasteiger partial charge in [0.15, 0.2) is 16.6 Å². The van der Waals surface area contributed by atoms with Crippen LogP contribution < -0.4 is 20.2 Å². The summed E-state index contributed by atoms with van der Waals surface area (Å²) >= 11 is 20.7. The van der Waals surface area contributed by atoms with E-state index in [0.29, 0.717) is 26.7 Å². The van der Waals surface area contributed by atoms with E-state index in [1.165, 1.54) is 0 Å². The molecule has 0 aromatic heterocycles. The minimum absolute atomic E-state index is 0.282. The second kappa shape index (κ2) is 10.7. The second-order valence-corrected chi connectivity index (χ2v) is 7.38. The number of hydrogen-bond acceptors (Lipinski definition) is 4. The summed E-state index contributed by atoms with van der Waals surface area (Å²) < 4.78 is 12.1. The Hall–Kier alpha value is -1.54. The Labute approximate surface area is 182 Å². The number of methoxy groups -OCH3 is 1. The first kappa shape index (κ1) is 21.8. The van der Waals surface area contributed by atoms with Gasteiger partial charge < -0.3 is 14.8 Å². The summed E-state index contributed by atoms with van der Waals surface area (Å²) in [7, 11) is 1.57. The van der Waals surface area contributed by atoms with Crippen LogP contribution in [0, 0.1) is 0 Å². The highest BCUT2D eigenvalue weighted by molar-refractivity contribution is 9.10. The lowest BCUT2D eigenvalue weighted by atomic mass is 10.2. The monoisotopic (exact) mass is 489 g/mol. The topological polar surface area (TPSA) is 54.9 Å². The molecule has 0 fully saturated rings. The van der Waals surface area contributed by atoms with Crippen molar-refractivity contribution in [1.29, 1.82) is 0 Å². The zero-order valence-corrected chi connectivity index (χ0v) is 18.6. The number of nitrogens with zero attached hydrogens (tertiary/aromatic N) is 1. The van der Waals surface area contributed by atoms with Crippen LogP contribution in [0.25, 0.3) is 0 Å². The van der Waals surface area contributed by atoms with Crippen molar-refractivity contribution in [3.8, 4) is 11.5 Å². The first-order valence-electron chi connectivity index (χ1n) is 7.95. The number of hydrazone groups is 1. The van der Waals surface area contributed by atoms with Gasteiger partial charge in [0.25, 0.3) is 0 Å². The maximum absolute atomic E-state index is 6.19. The van der Waals surface area contributed by atoms with Crippen LogP contribution in [-0.4, -0.2) is 25.0 Å². The number of rotatable bonds is 7. The van der Waals surface area contributed by atoms with E-state index in [1.807, 2.05) is 25.1 Å². The van der Waals surface area contributed by atoms with Gasteiger partial charge in [-0.1, -0.05) is 29.3 Å². The normalized spacial score (nSPS) is 10.7. The Bertz CT molecular complexity index is 850. The molecule has 0 radical (unpaired) electrons. The van der Waals surface area contributed by atoms with Crippen molar-refractivity contribution in [3.63, 3.8) is 0 Å². The molecule has 144 valence electrons. The van der Waals surface area contributed by atoms with Gasteiger partial charge >= 0.3 is 0 Å². The summed E-state index contributed by atoms with van der Waals surface area (Å²) in [5.41, 5.74) is 4.37. The highest BCUT2D eigenvalue weighted by Gasteiger charge is 2.11. The predicted molar refractivity (Wildman–Crippen MR) is 118 cm³/mol. The molecule has 2 N–H and O–H groups in total. The SMILES string of the molecule is CCNC(=S)N/N=C\c1cc(OC)c(OCc2ccc(Cl)cc2Cl)cc1Br. The van der Waals surface area contributed by atoms with E-state index < -0.39 is 0 Å². The minimum Gasteiger partial charge on any atom is -0.493 e. The Morgan fingerprint density at radius 2 is 2.04 bits per heavy atom. The van der Waals surface area contributed by atoms with Gasteiger partial charge in [-0.05, 0) is 59.3 Å². The molecule has 2 aromatic carbocycles. The summed E-state index contributed by atoms with van der Waals surface area (Å²) in [6.07, 6.45) is 1.64. The number of hydrogen-bond donors (Lipinski definition) is 2. The van der Waals surface area contributed by atoms with Crippen LogP contribution in [0.4, 0.5) is 0 Å². The molecule has 2 rings (SSSR count). The van der Waals surface area contributed by atoms with Crippen LogP contribution in [-0.2, 0) is 6.61 Å². The summed E-state index contributed by atoms with van der Waals surface area (Å²) in [5.74, 6) is 1.14. The zero-order chi connectivity index (χ0) is 19.8. The first-order chi connectivity index (χ1) is 12.9. The van der Waals surface area contributed by atoms with Gasteiger partial charge in [-0.3, -0.25) is 5.43 Å². The molecule has 0 bridgehead atoms. The molecule has 0 spiro atoms. The number of ether oxygens (including phenoxy) is 2. The average Bonchev–Trinajstić information content (AvgIpc) is 2.62. The lowest BCUT2D eigenvalue weighted by Gasteiger charge is -2.13. The number of thiocarbonyl (C=S) groups is 1. The number of benzene rings is 2. The largest absolute Gasteiger partial charge is 0.493 e. The van der Waals surface area contributed by atoms with E-state index in [2.05, 4.69) is 31.8 Å². The molecule has 27 heavy (non-hydrogen) atoms. The van der Waals surface area contributed by atoms with E-state index in [0.717, 1.165) is 22.1 Å². The fourth-order valence-corrected chi connectivity index (χ4v) is 3.16. The molecule has 0 aliphatic heterocycles. The third-order valence-electron chi connectivity index (χ3n) is 3.39. The molecule has 9 heteroatoms. The maximum atomic E-state index is 6.19. The van der Waals surface area contributed by atoms with Crippen molar-refractivity contribution in [2.45, 2.75) is 13.5 Å². The van der Waals surface area contributed by atoms with Gasteiger partial charge in [-0.25, -0.2) is 0 Å². The predicted octanol–water partition coefficient (Wildman–Crippen LogP) is 5.16. The lowest BCUT2D eigenvalue weighted by Crippen LogP contribution is -2.31. The van der Waals surface area contributed by atoms with E-state index in [-0.39, 0.29) is 6.61 Å². The molecular weight excluding hydrogens is 473 g/mol.